The molecule has 5 heteroatoms. The number of hydrogen-bond donors (Lipinski definition) is 1. The van der Waals surface area contributed by atoms with Crippen molar-refractivity contribution >= 4 is 17.5 Å². The summed E-state index contributed by atoms with van der Waals surface area (Å²) < 4.78 is 5.29. The monoisotopic (exact) mass is 296 g/mol. The molecule has 0 saturated carbocycles. The molecule has 0 spiro atoms. The Labute approximate surface area is 125 Å². The van der Waals surface area contributed by atoms with E-state index in [1.54, 1.807) is 25.3 Å². The molecule has 2 unspecified atom stereocenters. The summed E-state index contributed by atoms with van der Waals surface area (Å²) in [7, 11) is 1.60. The van der Waals surface area contributed by atoms with Crippen molar-refractivity contribution in [2.24, 2.45) is 0 Å². The van der Waals surface area contributed by atoms with Crippen LogP contribution < -0.4 is 10.1 Å². The van der Waals surface area contributed by atoms with E-state index in [4.69, 9.17) is 16.3 Å². The molecule has 0 bridgehead atoms. The topological polar surface area (TPSA) is 41.6 Å². The normalized spacial score (nSPS) is 22.7. The molecule has 1 amide bonds. The lowest BCUT2D eigenvalue weighted by atomic mass is 10.0. The molecule has 1 saturated heterocycles. The van der Waals surface area contributed by atoms with Crippen LogP contribution in [0.5, 0.6) is 5.75 Å². The summed E-state index contributed by atoms with van der Waals surface area (Å²) in [4.78, 5) is 14.4. The Kier molecular flexibility index (Phi) is 4.89. The Balaban J connectivity index is 2.13. The standard InChI is InChI=1S/C15H21ClN2O2/c1-10-11(2)18(7-6-17-10)15(19)9-12-8-13(16)4-5-14(12)20-3/h4-5,8,10-11,17H,6-7,9H2,1-3H3. The molecule has 110 valence electrons. The maximum Gasteiger partial charge on any atom is 0.227 e. The minimum atomic E-state index is 0.117. The third-order valence-electron chi connectivity index (χ3n) is 3.94. The molecule has 4 nitrogen and oxygen atoms in total. The quantitative estimate of drug-likeness (QED) is 0.929. The van der Waals surface area contributed by atoms with Gasteiger partial charge in [0.15, 0.2) is 0 Å². The average Bonchev–Trinajstić information content (AvgIpc) is 2.42. The van der Waals surface area contributed by atoms with Gasteiger partial charge in [-0.15, -0.1) is 0 Å². The van der Waals surface area contributed by atoms with Gasteiger partial charge in [-0.05, 0) is 32.0 Å². The molecule has 20 heavy (non-hydrogen) atoms. The second kappa shape index (κ2) is 6.46. The molecule has 2 atom stereocenters. The van der Waals surface area contributed by atoms with Crippen LogP contribution in [-0.2, 0) is 11.2 Å². The number of carbonyl (C=O) groups is 1. The molecule has 1 aromatic carbocycles. The SMILES string of the molecule is COc1ccc(Cl)cc1CC(=O)N1CCNC(C)C1C. The second-order valence-corrected chi connectivity index (χ2v) is 5.64. The third-order valence-corrected chi connectivity index (χ3v) is 4.17. The van der Waals surface area contributed by atoms with Crippen LogP contribution in [0.1, 0.15) is 19.4 Å². The lowest BCUT2D eigenvalue weighted by Gasteiger charge is -2.38. The fraction of sp³-hybridized carbons (Fsp3) is 0.533. The summed E-state index contributed by atoms with van der Waals surface area (Å²) in [6.45, 7) is 5.76. The summed E-state index contributed by atoms with van der Waals surface area (Å²) in [6.07, 6.45) is 0.320. The molecule has 1 aliphatic heterocycles. The zero-order valence-corrected chi connectivity index (χ0v) is 12.9. The van der Waals surface area contributed by atoms with E-state index in [1.165, 1.54) is 0 Å². The van der Waals surface area contributed by atoms with Gasteiger partial charge >= 0.3 is 0 Å². The van der Waals surface area contributed by atoms with Crippen molar-refractivity contribution in [2.75, 3.05) is 20.2 Å². The Morgan fingerprint density at radius 3 is 2.95 bits per heavy atom. The number of ether oxygens (including phenoxy) is 1. The van der Waals surface area contributed by atoms with Crippen molar-refractivity contribution < 1.29 is 9.53 Å². The Morgan fingerprint density at radius 2 is 2.25 bits per heavy atom. The fourth-order valence-corrected chi connectivity index (χ4v) is 2.75. The molecule has 1 N–H and O–H groups in total. The van der Waals surface area contributed by atoms with Crippen molar-refractivity contribution in [2.45, 2.75) is 32.4 Å². The third kappa shape index (κ3) is 3.25. The molecule has 1 heterocycles. The number of benzene rings is 1. The van der Waals surface area contributed by atoms with Crippen LogP contribution in [0.25, 0.3) is 0 Å². The van der Waals surface area contributed by atoms with Crippen molar-refractivity contribution in [3.05, 3.63) is 28.8 Å². The molecule has 2 rings (SSSR count). The highest BCUT2D eigenvalue weighted by Gasteiger charge is 2.28. The van der Waals surface area contributed by atoms with E-state index >= 15 is 0 Å². The van der Waals surface area contributed by atoms with Gasteiger partial charge in [-0.2, -0.15) is 0 Å². The first kappa shape index (κ1) is 15.1. The van der Waals surface area contributed by atoms with Crippen LogP contribution in [-0.4, -0.2) is 43.1 Å². The van der Waals surface area contributed by atoms with Crippen LogP contribution in [0.2, 0.25) is 5.02 Å². The summed E-state index contributed by atoms with van der Waals surface area (Å²) in [5.41, 5.74) is 0.836. The van der Waals surface area contributed by atoms with E-state index in [2.05, 4.69) is 19.2 Å². The highest BCUT2D eigenvalue weighted by molar-refractivity contribution is 6.30. The number of nitrogens with one attached hydrogen (secondary N) is 1. The molecular weight excluding hydrogens is 276 g/mol. The number of rotatable bonds is 3. The minimum absolute atomic E-state index is 0.117. The van der Waals surface area contributed by atoms with Gasteiger partial charge in [0.2, 0.25) is 5.91 Å². The second-order valence-electron chi connectivity index (χ2n) is 5.20. The first-order valence-corrected chi connectivity index (χ1v) is 7.26. The van der Waals surface area contributed by atoms with Crippen molar-refractivity contribution in [3.8, 4) is 5.75 Å². The maximum atomic E-state index is 12.5. The summed E-state index contributed by atoms with van der Waals surface area (Å²) in [6, 6.07) is 5.88. The minimum Gasteiger partial charge on any atom is -0.496 e. The zero-order valence-electron chi connectivity index (χ0n) is 12.1. The Hall–Kier alpha value is -1.26. The Morgan fingerprint density at radius 1 is 1.50 bits per heavy atom. The van der Waals surface area contributed by atoms with Gasteiger partial charge < -0.3 is 15.0 Å². The molecule has 1 aliphatic rings. The lowest BCUT2D eigenvalue weighted by molar-refractivity contribution is -0.134. The first-order chi connectivity index (χ1) is 9.52. The number of hydrogen-bond acceptors (Lipinski definition) is 3. The molecule has 0 aromatic heterocycles. The Bertz CT molecular complexity index is 493. The summed E-state index contributed by atoms with van der Waals surface area (Å²) >= 11 is 6.00. The smallest absolute Gasteiger partial charge is 0.227 e. The van der Waals surface area contributed by atoms with E-state index in [9.17, 15) is 4.79 Å². The van der Waals surface area contributed by atoms with Crippen LogP contribution in [0.3, 0.4) is 0 Å². The average molecular weight is 297 g/mol. The first-order valence-electron chi connectivity index (χ1n) is 6.88. The molecule has 1 fully saturated rings. The highest BCUT2D eigenvalue weighted by Crippen LogP contribution is 2.24. The van der Waals surface area contributed by atoms with E-state index in [1.807, 2.05) is 4.90 Å². The largest absolute Gasteiger partial charge is 0.496 e. The van der Waals surface area contributed by atoms with Gasteiger partial charge in [-0.1, -0.05) is 11.6 Å². The van der Waals surface area contributed by atoms with E-state index in [0.29, 0.717) is 23.2 Å². The predicted octanol–water partition coefficient (Wildman–Crippen LogP) is 2.10. The van der Waals surface area contributed by atoms with Crippen LogP contribution in [0.4, 0.5) is 0 Å². The van der Waals surface area contributed by atoms with Crippen molar-refractivity contribution in [3.63, 3.8) is 0 Å². The van der Waals surface area contributed by atoms with Crippen LogP contribution in [0, 0.1) is 0 Å². The fourth-order valence-electron chi connectivity index (χ4n) is 2.56. The van der Waals surface area contributed by atoms with Crippen LogP contribution in [0.15, 0.2) is 18.2 Å². The van der Waals surface area contributed by atoms with Crippen molar-refractivity contribution in [1.82, 2.24) is 10.2 Å². The molecule has 1 aromatic rings. The maximum absolute atomic E-state index is 12.5. The molecule has 0 radical (unpaired) electrons. The van der Waals surface area contributed by atoms with Gasteiger partial charge in [0.1, 0.15) is 5.75 Å². The number of amides is 1. The van der Waals surface area contributed by atoms with E-state index < -0.39 is 0 Å². The zero-order chi connectivity index (χ0) is 14.7. The number of nitrogens with zero attached hydrogens (tertiary/aromatic N) is 1. The lowest BCUT2D eigenvalue weighted by Crippen LogP contribution is -2.57. The predicted molar refractivity (Wildman–Crippen MR) is 80.3 cm³/mol. The number of carbonyl (C=O) groups excluding carboxylic acids is 1. The molecular formula is C15H21ClN2O2. The number of halogens is 1. The van der Waals surface area contributed by atoms with E-state index in [-0.39, 0.29) is 11.9 Å². The van der Waals surface area contributed by atoms with Crippen LogP contribution >= 0.6 is 11.6 Å². The highest BCUT2D eigenvalue weighted by atomic mass is 35.5. The van der Waals surface area contributed by atoms with Gasteiger partial charge in [0.25, 0.3) is 0 Å². The van der Waals surface area contributed by atoms with Crippen molar-refractivity contribution in [1.29, 1.82) is 0 Å². The van der Waals surface area contributed by atoms with Gasteiger partial charge in [0, 0.05) is 35.8 Å². The van der Waals surface area contributed by atoms with Gasteiger partial charge in [-0.3, -0.25) is 4.79 Å². The summed E-state index contributed by atoms with van der Waals surface area (Å²) in [5.74, 6) is 0.824. The van der Waals surface area contributed by atoms with Gasteiger partial charge in [-0.25, -0.2) is 0 Å². The summed E-state index contributed by atoms with van der Waals surface area (Å²) in [5, 5.41) is 3.99. The molecule has 0 aliphatic carbocycles. The van der Waals surface area contributed by atoms with Gasteiger partial charge in [0.05, 0.1) is 13.5 Å². The van der Waals surface area contributed by atoms with E-state index in [0.717, 1.165) is 18.7 Å². The number of methoxy groups -OCH3 is 1. The number of piperazine rings is 1.